The van der Waals surface area contributed by atoms with Gasteiger partial charge in [-0.2, -0.15) is 5.10 Å². The predicted molar refractivity (Wildman–Crippen MR) is 59.9 cm³/mol. The molecule has 0 bridgehead atoms. The molecule has 3 nitrogen and oxygen atoms in total. The van der Waals surface area contributed by atoms with Crippen molar-refractivity contribution >= 4 is 23.2 Å². The van der Waals surface area contributed by atoms with E-state index in [4.69, 9.17) is 11.6 Å². The monoisotopic (exact) mass is 222 g/mol. The minimum absolute atomic E-state index is 0.0255. The van der Waals surface area contributed by atoms with E-state index in [-0.39, 0.29) is 11.8 Å². The Labute approximate surface area is 93.1 Å². The van der Waals surface area contributed by atoms with Crippen LogP contribution in [-0.4, -0.2) is 11.6 Å². The van der Waals surface area contributed by atoms with Crippen LogP contribution in [-0.2, 0) is 11.2 Å². The van der Waals surface area contributed by atoms with Gasteiger partial charge in [0.2, 0.25) is 5.91 Å². The van der Waals surface area contributed by atoms with Crippen LogP contribution in [0.4, 0.5) is 0 Å². The van der Waals surface area contributed by atoms with Crippen molar-refractivity contribution in [2.45, 2.75) is 13.3 Å². The normalized spacial score (nSPS) is 20.0. The van der Waals surface area contributed by atoms with E-state index in [9.17, 15) is 4.79 Å². The van der Waals surface area contributed by atoms with E-state index in [0.717, 1.165) is 11.3 Å². The van der Waals surface area contributed by atoms with Crippen LogP contribution in [0, 0.1) is 5.92 Å². The number of amides is 1. The summed E-state index contributed by atoms with van der Waals surface area (Å²) < 4.78 is 0. The lowest BCUT2D eigenvalue weighted by molar-refractivity contribution is -0.122. The van der Waals surface area contributed by atoms with Gasteiger partial charge >= 0.3 is 0 Å². The van der Waals surface area contributed by atoms with Crippen LogP contribution in [0.5, 0.6) is 0 Å². The molecule has 1 aromatic carbocycles. The van der Waals surface area contributed by atoms with E-state index in [1.165, 1.54) is 0 Å². The number of hydrazone groups is 1. The van der Waals surface area contributed by atoms with Crippen molar-refractivity contribution in [3.63, 3.8) is 0 Å². The summed E-state index contributed by atoms with van der Waals surface area (Å²) in [6, 6.07) is 7.52. The average molecular weight is 223 g/mol. The minimum atomic E-state index is -0.133. The molecule has 1 aliphatic heterocycles. The molecule has 0 radical (unpaired) electrons. The second kappa shape index (κ2) is 4.03. The Morgan fingerprint density at radius 3 is 2.60 bits per heavy atom. The van der Waals surface area contributed by atoms with E-state index in [0.29, 0.717) is 11.4 Å². The topological polar surface area (TPSA) is 41.5 Å². The summed E-state index contributed by atoms with van der Waals surface area (Å²) in [6.07, 6.45) is 0.679. The van der Waals surface area contributed by atoms with Crippen LogP contribution in [0.1, 0.15) is 12.5 Å². The molecular weight excluding hydrogens is 212 g/mol. The Morgan fingerprint density at radius 1 is 1.40 bits per heavy atom. The van der Waals surface area contributed by atoms with Crippen LogP contribution >= 0.6 is 11.6 Å². The Kier molecular flexibility index (Phi) is 2.73. The molecule has 15 heavy (non-hydrogen) atoms. The van der Waals surface area contributed by atoms with Crippen LogP contribution in [0.15, 0.2) is 29.4 Å². The highest BCUT2D eigenvalue weighted by Gasteiger charge is 2.26. The first-order chi connectivity index (χ1) is 7.16. The Balaban J connectivity index is 2.12. The van der Waals surface area contributed by atoms with Crippen LogP contribution in [0.25, 0.3) is 0 Å². The number of nitrogens with zero attached hydrogens (tertiary/aromatic N) is 1. The number of carbonyl (C=O) groups is 1. The molecular formula is C11H11ClN2O. The summed E-state index contributed by atoms with van der Waals surface area (Å²) in [4.78, 5) is 11.4. The second-order valence-corrected chi connectivity index (χ2v) is 4.05. The van der Waals surface area contributed by atoms with E-state index in [1.807, 2.05) is 31.2 Å². The predicted octanol–water partition coefficient (Wildman–Crippen LogP) is 2.00. The lowest BCUT2D eigenvalue weighted by Crippen LogP contribution is -2.24. The van der Waals surface area contributed by atoms with E-state index < -0.39 is 0 Å². The number of carbonyl (C=O) groups excluding carboxylic acids is 1. The molecule has 1 N–H and O–H groups in total. The highest BCUT2D eigenvalue weighted by molar-refractivity contribution is 6.30. The molecule has 1 heterocycles. The molecule has 1 atom stereocenters. The number of rotatable bonds is 2. The highest BCUT2D eigenvalue weighted by atomic mass is 35.5. The molecule has 4 heteroatoms. The number of halogens is 1. The lowest BCUT2D eigenvalue weighted by Gasteiger charge is -2.07. The van der Waals surface area contributed by atoms with Gasteiger partial charge < -0.3 is 0 Å². The zero-order valence-electron chi connectivity index (χ0n) is 8.33. The van der Waals surface area contributed by atoms with Crippen molar-refractivity contribution in [1.29, 1.82) is 0 Å². The minimum Gasteiger partial charge on any atom is -0.272 e. The van der Waals surface area contributed by atoms with E-state index in [1.54, 1.807) is 0 Å². The van der Waals surface area contributed by atoms with Crippen LogP contribution < -0.4 is 5.43 Å². The Bertz CT molecular complexity index is 411. The molecule has 0 aromatic heterocycles. The number of benzene rings is 1. The maximum Gasteiger partial charge on any atom is 0.249 e. The van der Waals surface area contributed by atoms with Gasteiger partial charge in [-0.1, -0.05) is 23.7 Å². The first kappa shape index (κ1) is 10.2. The summed E-state index contributed by atoms with van der Waals surface area (Å²) in [5.74, 6) is -0.159. The van der Waals surface area contributed by atoms with Crippen LogP contribution in [0.2, 0.25) is 5.02 Å². The summed E-state index contributed by atoms with van der Waals surface area (Å²) in [5.41, 5.74) is 4.41. The molecule has 1 amide bonds. The van der Waals surface area contributed by atoms with Gasteiger partial charge in [-0.05, 0) is 31.0 Å². The smallest absolute Gasteiger partial charge is 0.249 e. The van der Waals surface area contributed by atoms with E-state index >= 15 is 0 Å². The molecule has 1 aromatic rings. The number of nitrogens with one attached hydrogen (secondary N) is 1. The van der Waals surface area contributed by atoms with Gasteiger partial charge in [0.05, 0.1) is 5.92 Å². The second-order valence-electron chi connectivity index (χ2n) is 3.61. The molecule has 2 rings (SSSR count). The van der Waals surface area contributed by atoms with Crippen molar-refractivity contribution < 1.29 is 4.79 Å². The quantitative estimate of drug-likeness (QED) is 0.817. The molecule has 0 saturated carbocycles. The molecule has 1 aliphatic rings. The molecule has 0 fully saturated rings. The summed E-state index contributed by atoms with van der Waals surface area (Å²) in [7, 11) is 0. The zero-order valence-corrected chi connectivity index (χ0v) is 9.08. The van der Waals surface area contributed by atoms with Crippen molar-refractivity contribution in [3.8, 4) is 0 Å². The maximum absolute atomic E-state index is 11.4. The van der Waals surface area contributed by atoms with Crippen LogP contribution in [0.3, 0.4) is 0 Å². The number of hydrogen-bond acceptors (Lipinski definition) is 2. The fraction of sp³-hybridized carbons (Fsp3) is 0.273. The van der Waals surface area contributed by atoms with Gasteiger partial charge in [0.25, 0.3) is 0 Å². The molecule has 0 unspecified atom stereocenters. The molecule has 0 saturated heterocycles. The number of hydrogen-bond donors (Lipinski definition) is 1. The third-order valence-electron chi connectivity index (χ3n) is 2.52. The summed E-state index contributed by atoms with van der Waals surface area (Å²) >= 11 is 5.78. The fourth-order valence-corrected chi connectivity index (χ4v) is 1.71. The fourth-order valence-electron chi connectivity index (χ4n) is 1.59. The van der Waals surface area contributed by atoms with Gasteiger partial charge in [0, 0.05) is 10.7 Å². The largest absolute Gasteiger partial charge is 0.272 e. The SMILES string of the molecule is CC1=NNC(=O)[C@@H]1Cc1ccc(Cl)cc1. The maximum atomic E-state index is 11.4. The standard InChI is InChI=1S/C11H11ClN2O/c1-7-10(11(15)14-13-7)6-8-2-4-9(12)5-3-8/h2-5,10H,6H2,1H3,(H,14,15)/t10-/m1/s1. The Hall–Kier alpha value is -1.35. The third kappa shape index (κ3) is 2.18. The van der Waals surface area contributed by atoms with E-state index in [2.05, 4.69) is 10.5 Å². The molecule has 0 aliphatic carbocycles. The van der Waals surface area contributed by atoms with Gasteiger partial charge in [-0.15, -0.1) is 0 Å². The lowest BCUT2D eigenvalue weighted by atomic mass is 9.96. The Morgan fingerprint density at radius 2 is 2.07 bits per heavy atom. The molecule has 78 valence electrons. The van der Waals surface area contributed by atoms with Gasteiger partial charge in [0.1, 0.15) is 0 Å². The third-order valence-corrected chi connectivity index (χ3v) is 2.77. The van der Waals surface area contributed by atoms with Crippen molar-refractivity contribution in [1.82, 2.24) is 5.43 Å². The average Bonchev–Trinajstić information content (AvgIpc) is 2.53. The highest BCUT2D eigenvalue weighted by Crippen LogP contribution is 2.16. The summed E-state index contributed by atoms with van der Waals surface area (Å²) in [6.45, 7) is 1.86. The van der Waals surface area contributed by atoms with Gasteiger partial charge in [-0.25, -0.2) is 5.43 Å². The van der Waals surface area contributed by atoms with Crippen molar-refractivity contribution in [2.75, 3.05) is 0 Å². The summed E-state index contributed by atoms with van der Waals surface area (Å²) in [5, 5.41) is 4.61. The van der Waals surface area contributed by atoms with Crippen molar-refractivity contribution in [3.05, 3.63) is 34.9 Å². The first-order valence-electron chi connectivity index (χ1n) is 4.75. The van der Waals surface area contributed by atoms with Gasteiger partial charge in [-0.3, -0.25) is 4.79 Å². The zero-order chi connectivity index (χ0) is 10.8. The van der Waals surface area contributed by atoms with Gasteiger partial charge in [0.15, 0.2) is 0 Å². The molecule has 0 spiro atoms. The first-order valence-corrected chi connectivity index (χ1v) is 5.13. The van der Waals surface area contributed by atoms with Crippen molar-refractivity contribution in [2.24, 2.45) is 11.0 Å².